The maximum atomic E-state index is 6.35. The molecule has 2 atom stereocenters. The van der Waals surface area contributed by atoms with Crippen LogP contribution in [0.2, 0.25) is 10.0 Å². The molecule has 56 heavy (non-hydrogen) atoms. The third-order valence-corrected chi connectivity index (χ3v) is 11.8. The van der Waals surface area contributed by atoms with Gasteiger partial charge in [-0.15, -0.1) is 0 Å². The molecule has 0 aromatic heterocycles. The van der Waals surface area contributed by atoms with Crippen LogP contribution < -0.4 is 5.32 Å². The van der Waals surface area contributed by atoms with Crippen LogP contribution in [-0.2, 0) is 25.9 Å². The fraction of sp³-hybridized carbons (Fsp3) is 0.280. The van der Waals surface area contributed by atoms with Crippen LogP contribution in [-0.4, -0.2) is 72.6 Å². The van der Waals surface area contributed by atoms with E-state index in [0.29, 0.717) is 12.1 Å². The van der Waals surface area contributed by atoms with Gasteiger partial charge in [0.2, 0.25) is 0 Å². The van der Waals surface area contributed by atoms with Crippen LogP contribution in [0.25, 0.3) is 22.3 Å². The van der Waals surface area contributed by atoms with E-state index in [4.69, 9.17) is 23.2 Å². The van der Waals surface area contributed by atoms with Gasteiger partial charge >= 0.3 is 0 Å². The third kappa shape index (κ3) is 11.2. The normalized spacial score (nSPS) is 17.9. The summed E-state index contributed by atoms with van der Waals surface area (Å²) in [5.41, 5.74) is 10.1. The van der Waals surface area contributed by atoms with Crippen LogP contribution in [0.1, 0.15) is 29.2 Å². The number of nitrogens with one attached hydrogen (secondary N) is 1. The van der Waals surface area contributed by atoms with E-state index in [1.807, 2.05) is 36.4 Å². The Morgan fingerprint density at radius 2 is 0.982 bits per heavy atom. The molecule has 0 amide bonds. The number of piperazine rings is 2. The first-order valence-electron chi connectivity index (χ1n) is 20.2. The molecule has 0 radical (unpaired) electrons. The molecule has 0 spiro atoms. The number of halogens is 2. The highest BCUT2D eigenvalue weighted by atomic mass is 35.5. The van der Waals surface area contributed by atoms with Gasteiger partial charge in [-0.2, -0.15) is 0 Å². The van der Waals surface area contributed by atoms with Gasteiger partial charge in [-0.05, 0) is 64.9 Å². The number of rotatable bonds is 11. The summed E-state index contributed by atoms with van der Waals surface area (Å²) in [4.78, 5) is 7.78. The van der Waals surface area contributed by atoms with Gasteiger partial charge in [0.25, 0.3) is 0 Å². The Hall–Kier alpha value is -4.26. The largest absolute Gasteiger partial charge is 0.311 e. The van der Waals surface area contributed by atoms with Crippen LogP contribution >= 0.6 is 23.2 Å². The molecule has 0 bridgehead atoms. The van der Waals surface area contributed by atoms with E-state index in [9.17, 15) is 0 Å². The second-order valence-electron chi connectivity index (χ2n) is 15.1. The molecule has 4 nitrogen and oxygen atoms in total. The Morgan fingerprint density at radius 1 is 0.500 bits per heavy atom. The Morgan fingerprint density at radius 3 is 1.50 bits per heavy atom. The van der Waals surface area contributed by atoms with Crippen molar-refractivity contribution in [2.45, 2.75) is 44.9 Å². The van der Waals surface area contributed by atoms with Crippen LogP contribution in [0.3, 0.4) is 0 Å². The molecular formula is C50H54Cl2N4. The van der Waals surface area contributed by atoms with Crippen LogP contribution in [0, 0.1) is 0 Å². The van der Waals surface area contributed by atoms with Crippen molar-refractivity contribution in [2.75, 3.05) is 45.8 Å². The summed E-state index contributed by atoms with van der Waals surface area (Å²) in [5, 5.41) is 5.27. The molecule has 2 heterocycles. The fourth-order valence-corrected chi connectivity index (χ4v) is 8.65. The first-order valence-corrected chi connectivity index (χ1v) is 20.9. The van der Waals surface area contributed by atoms with Crippen molar-refractivity contribution in [1.82, 2.24) is 20.0 Å². The molecule has 0 aliphatic carbocycles. The molecule has 6 aromatic carbocycles. The molecule has 8 rings (SSSR count). The molecule has 1 N–H and O–H groups in total. The van der Waals surface area contributed by atoms with Gasteiger partial charge in [0.05, 0.1) is 0 Å². The Balaban J connectivity index is 0.000000172. The lowest BCUT2D eigenvalue weighted by atomic mass is 10.0. The van der Waals surface area contributed by atoms with Gasteiger partial charge in [-0.25, -0.2) is 0 Å². The summed E-state index contributed by atoms with van der Waals surface area (Å²) in [6.45, 7) is 12.0. The van der Waals surface area contributed by atoms with Gasteiger partial charge in [0.1, 0.15) is 0 Å². The van der Waals surface area contributed by atoms with Crippen LogP contribution in [0.4, 0.5) is 0 Å². The summed E-state index contributed by atoms with van der Waals surface area (Å²) < 4.78 is 0. The predicted molar refractivity (Wildman–Crippen MR) is 237 cm³/mol. The highest BCUT2D eigenvalue weighted by Crippen LogP contribution is 2.29. The van der Waals surface area contributed by atoms with E-state index >= 15 is 0 Å². The van der Waals surface area contributed by atoms with Crippen molar-refractivity contribution < 1.29 is 0 Å². The molecule has 288 valence electrons. The minimum atomic E-state index is 0.517. The van der Waals surface area contributed by atoms with E-state index in [-0.39, 0.29) is 0 Å². The quantitative estimate of drug-likeness (QED) is 0.141. The highest BCUT2D eigenvalue weighted by Gasteiger charge is 2.26. The van der Waals surface area contributed by atoms with Crippen molar-refractivity contribution in [1.29, 1.82) is 0 Å². The number of hydrogen-bond donors (Lipinski definition) is 1. The average molecular weight is 782 g/mol. The Labute approximate surface area is 344 Å². The van der Waals surface area contributed by atoms with Gasteiger partial charge in [0, 0.05) is 85.6 Å². The van der Waals surface area contributed by atoms with Crippen molar-refractivity contribution in [3.05, 3.63) is 190 Å². The van der Waals surface area contributed by atoms with E-state index < -0.39 is 0 Å². The standard InChI is InChI=1S/C26H29ClN2.C24H25ClN2/c1-2-29-17-16-28(20-24(29)18-21-8-4-3-5-9-21)19-22-12-14-23(15-13-22)25-10-6-7-11-26(25)27;25-24-9-5-4-8-23(24)21-12-10-20(11-13-21)17-27-15-14-26-22(18-27)16-19-6-2-1-3-7-19/h3-15,24H,2,16-20H2,1H3;1-13,22,26H,14-18H2/t24-;22-/m11/s1. The van der Waals surface area contributed by atoms with E-state index in [1.165, 1.54) is 33.4 Å². The minimum Gasteiger partial charge on any atom is -0.311 e. The van der Waals surface area contributed by atoms with Crippen molar-refractivity contribution >= 4 is 23.2 Å². The number of benzene rings is 6. The van der Waals surface area contributed by atoms with Gasteiger partial charge < -0.3 is 5.32 Å². The zero-order valence-corrected chi connectivity index (χ0v) is 34.1. The molecule has 0 unspecified atom stereocenters. The second kappa shape index (κ2) is 20.2. The smallest absolute Gasteiger partial charge is 0.0484 e. The van der Waals surface area contributed by atoms with Crippen LogP contribution in [0.15, 0.2) is 158 Å². The molecule has 2 fully saturated rings. The van der Waals surface area contributed by atoms with Gasteiger partial charge in [-0.3, -0.25) is 14.7 Å². The molecule has 2 aliphatic rings. The van der Waals surface area contributed by atoms with E-state index in [2.05, 4.69) is 148 Å². The zero-order valence-electron chi connectivity index (χ0n) is 32.5. The molecule has 6 heteroatoms. The van der Waals surface area contributed by atoms with Crippen molar-refractivity contribution in [3.8, 4) is 22.3 Å². The van der Waals surface area contributed by atoms with Crippen LogP contribution in [0.5, 0.6) is 0 Å². The topological polar surface area (TPSA) is 21.8 Å². The lowest BCUT2D eigenvalue weighted by Crippen LogP contribution is -2.53. The lowest BCUT2D eigenvalue weighted by Gasteiger charge is -2.41. The van der Waals surface area contributed by atoms with Crippen molar-refractivity contribution in [2.24, 2.45) is 0 Å². The number of nitrogens with zero attached hydrogens (tertiary/aromatic N) is 3. The van der Waals surface area contributed by atoms with E-state index in [1.54, 1.807) is 0 Å². The molecule has 2 saturated heterocycles. The SMILES string of the molecule is CCN1CCN(Cc2ccc(-c3ccccc3Cl)cc2)C[C@H]1Cc1ccccc1.Clc1ccccc1-c1ccc(CN2CCN[C@H](Cc3ccccc3)C2)cc1. The monoisotopic (exact) mass is 780 g/mol. The molecule has 0 saturated carbocycles. The zero-order chi connectivity index (χ0) is 38.5. The highest BCUT2D eigenvalue weighted by molar-refractivity contribution is 6.33. The van der Waals surface area contributed by atoms with E-state index in [0.717, 1.165) is 92.9 Å². The minimum absolute atomic E-state index is 0.517. The average Bonchev–Trinajstić information content (AvgIpc) is 3.23. The third-order valence-electron chi connectivity index (χ3n) is 11.2. The summed E-state index contributed by atoms with van der Waals surface area (Å²) in [5.74, 6) is 0. The Kier molecular flexibility index (Phi) is 14.4. The van der Waals surface area contributed by atoms with Gasteiger partial charge in [0.15, 0.2) is 0 Å². The first-order chi connectivity index (χ1) is 27.5. The summed E-state index contributed by atoms with van der Waals surface area (Å²) >= 11 is 12.7. The summed E-state index contributed by atoms with van der Waals surface area (Å²) in [6.07, 6.45) is 2.21. The number of hydrogen-bond acceptors (Lipinski definition) is 4. The Bertz CT molecular complexity index is 2070. The number of likely N-dealkylation sites (N-methyl/N-ethyl adjacent to an activating group) is 1. The summed E-state index contributed by atoms with van der Waals surface area (Å²) in [7, 11) is 0. The maximum absolute atomic E-state index is 6.35. The second-order valence-corrected chi connectivity index (χ2v) is 16.0. The van der Waals surface area contributed by atoms with Gasteiger partial charge in [-0.1, -0.05) is 176 Å². The maximum Gasteiger partial charge on any atom is 0.0484 e. The first kappa shape index (κ1) is 40.0. The molecule has 2 aliphatic heterocycles. The van der Waals surface area contributed by atoms with Crippen molar-refractivity contribution in [3.63, 3.8) is 0 Å². The molecular weight excluding hydrogens is 727 g/mol. The summed E-state index contributed by atoms with van der Waals surface area (Å²) in [6, 6.07) is 56.5. The predicted octanol–water partition coefficient (Wildman–Crippen LogP) is 10.8. The lowest BCUT2D eigenvalue weighted by molar-refractivity contribution is 0.0741. The fourth-order valence-electron chi connectivity index (χ4n) is 8.16. The molecule has 6 aromatic rings.